The van der Waals surface area contributed by atoms with Crippen LogP contribution in [0.15, 0.2) is 40.2 Å². The van der Waals surface area contributed by atoms with Crippen LogP contribution in [0.3, 0.4) is 0 Å². The average molecular weight is 373 g/mol. The summed E-state index contributed by atoms with van der Waals surface area (Å²) in [4.78, 5) is 17.3. The molecule has 5 heteroatoms. The fourth-order valence-corrected chi connectivity index (χ4v) is 4.18. The van der Waals surface area contributed by atoms with E-state index in [1.807, 2.05) is 23.6 Å². The van der Waals surface area contributed by atoms with Crippen LogP contribution in [0, 0.1) is 0 Å². The maximum atomic E-state index is 12.6. The molecule has 1 aromatic carbocycles. The van der Waals surface area contributed by atoms with Gasteiger partial charge in [-0.3, -0.25) is 9.78 Å². The van der Waals surface area contributed by atoms with E-state index in [2.05, 4.69) is 33.0 Å². The normalized spacial score (nSPS) is 17.7. The topological polar surface area (TPSA) is 56.0 Å². The van der Waals surface area contributed by atoms with Gasteiger partial charge in [-0.1, -0.05) is 28.1 Å². The smallest absolute Gasteiger partial charge is 0.167 e. The number of anilines is 1. The molecule has 0 aliphatic heterocycles. The van der Waals surface area contributed by atoms with E-state index in [1.54, 1.807) is 11.3 Å². The van der Waals surface area contributed by atoms with Gasteiger partial charge in [0.1, 0.15) is 0 Å². The van der Waals surface area contributed by atoms with Crippen LogP contribution in [-0.2, 0) is 6.42 Å². The summed E-state index contributed by atoms with van der Waals surface area (Å²) >= 11 is 4.99. The number of aromatic nitrogens is 1. The maximum Gasteiger partial charge on any atom is 0.167 e. The Balaban J connectivity index is 1.81. The minimum absolute atomic E-state index is 0.106. The lowest BCUT2D eigenvalue weighted by Crippen LogP contribution is -2.21. The second-order valence-corrected chi connectivity index (χ2v) is 7.39. The van der Waals surface area contributed by atoms with Gasteiger partial charge in [0.05, 0.1) is 27.2 Å². The van der Waals surface area contributed by atoms with Gasteiger partial charge in [-0.15, -0.1) is 11.3 Å². The third kappa shape index (κ3) is 2.16. The number of nitrogens with two attached hydrogens (primary N) is 1. The lowest BCUT2D eigenvalue weighted by Gasteiger charge is -2.24. The van der Waals surface area contributed by atoms with Gasteiger partial charge in [0.25, 0.3) is 0 Å². The molecule has 0 bridgehead atoms. The number of rotatable bonds is 1. The summed E-state index contributed by atoms with van der Waals surface area (Å²) in [6.07, 6.45) is 1.26. The molecular formula is C17H13BrN2OS. The molecule has 110 valence electrons. The summed E-state index contributed by atoms with van der Waals surface area (Å²) in [6, 6.07) is 10.1. The lowest BCUT2D eigenvalue weighted by molar-refractivity contribution is 0.0964. The van der Waals surface area contributed by atoms with Crippen LogP contribution in [0.4, 0.5) is 5.69 Å². The zero-order chi connectivity index (χ0) is 15.3. The number of benzene rings is 1. The predicted octanol–water partition coefficient (Wildman–Crippen LogP) is 4.55. The summed E-state index contributed by atoms with van der Waals surface area (Å²) in [5.74, 6) is 0.283. The molecule has 3 nitrogen and oxygen atoms in total. The van der Waals surface area contributed by atoms with E-state index in [1.165, 1.54) is 5.56 Å². The summed E-state index contributed by atoms with van der Waals surface area (Å²) in [6.45, 7) is 0. The summed E-state index contributed by atoms with van der Waals surface area (Å²) in [5, 5.41) is 1.97. The maximum absolute atomic E-state index is 12.6. The molecule has 1 aliphatic carbocycles. The molecule has 0 radical (unpaired) electrons. The van der Waals surface area contributed by atoms with Crippen molar-refractivity contribution in [2.75, 3.05) is 5.73 Å². The van der Waals surface area contributed by atoms with Crippen molar-refractivity contribution >= 4 is 49.0 Å². The number of carbonyl (C=O) groups is 1. The minimum Gasteiger partial charge on any atom is -0.397 e. The molecule has 3 aromatic rings. The number of carbonyl (C=O) groups excluding carboxylic acids is 1. The molecule has 1 aliphatic rings. The molecule has 0 spiro atoms. The molecule has 2 heterocycles. The number of hydrogen-bond donors (Lipinski definition) is 1. The number of ketones is 1. The van der Waals surface area contributed by atoms with Crippen molar-refractivity contribution in [3.8, 4) is 0 Å². The first-order valence-electron chi connectivity index (χ1n) is 7.07. The fraction of sp³-hybridized carbons (Fsp3) is 0.176. The quantitative estimate of drug-likeness (QED) is 0.681. The Morgan fingerprint density at radius 2 is 1.95 bits per heavy atom. The second-order valence-electron chi connectivity index (χ2n) is 5.56. The van der Waals surface area contributed by atoms with Gasteiger partial charge in [-0.25, -0.2) is 0 Å². The van der Waals surface area contributed by atoms with Crippen LogP contribution in [0.1, 0.15) is 34.0 Å². The van der Waals surface area contributed by atoms with Crippen LogP contribution in [-0.4, -0.2) is 10.8 Å². The molecule has 22 heavy (non-hydrogen) atoms. The summed E-state index contributed by atoms with van der Waals surface area (Å²) in [7, 11) is 0. The SMILES string of the molecule is Nc1c2c(nc3ccsc13)CC(c1ccc(Br)cc1)CC2=O. The number of nitrogen functional groups attached to an aromatic ring is 1. The second kappa shape index (κ2) is 5.18. The van der Waals surface area contributed by atoms with Crippen molar-refractivity contribution in [2.24, 2.45) is 0 Å². The van der Waals surface area contributed by atoms with E-state index in [9.17, 15) is 4.79 Å². The molecule has 0 fully saturated rings. The Labute approximate surface area is 140 Å². The predicted molar refractivity (Wildman–Crippen MR) is 93.6 cm³/mol. The van der Waals surface area contributed by atoms with Crippen molar-refractivity contribution in [1.29, 1.82) is 0 Å². The lowest BCUT2D eigenvalue weighted by atomic mass is 9.81. The first-order valence-corrected chi connectivity index (χ1v) is 8.75. The number of thiophene rings is 1. The molecular weight excluding hydrogens is 360 g/mol. The number of pyridine rings is 1. The van der Waals surface area contributed by atoms with Gasteiger partial charge < -0.3 is 5.73 Å². The molecule has 2 N–H and O–H groups in total. The molecule has 1 atom stereocenters. The van der Waals surface area contributed by atoms with Gasteiger partial charge in [0.15, 0.2) is 5.78 Å². The third-order valence-corrected chi connectivity index (χ3v) is 5.66. The zero-order valence-corrected chi connectivity index (χ0v) is 14.1. The Hall–Kier alpha value is -1.72. The van der Waals surface area contributed by atoms with Crippen LogP contribution in [0.5, 0.6) is 0 Å². The van der Waals surface area contributed by atoms with Gasteiger partial charge in [-0.05, 0) is 41.5 Å². The first kappa shape index (κ1) is 13.9. The molecule has 1 unspecified atom stereocenters. The van der Waals surface area contributed by atoms with Crippen molar-refractivity contribution in [3.05, 3.63) is 57.0 Å². The highest BCUT2D eigenvalue weighted by atomic mass is 79.9. The number of halogens is 1. The number of fused-ring (bicyclic) bond motifs is 2. The van der Waals surface area contributed by atoms with E-state index in [4.69, 9.17) is 5.73 Å². The average Bonchev–Trinajstić information content (AvgIpc) is 2.96. The van der Waals surface area contributed by atoms with Crippen LogP contribution in [0.25, 0.3) is 10.2 Å². The van der Waals surface area contributed by atoms with Gasteiger partial charge in [-0.2, -0.15) is 0 Å². The minimum atomic E-state index is 0.106. The van der Waals surface area contributed by atoms with Gasteiger partial charge >= 0.3 is 0 Å². The Kier molecular flexibility index (Phi) is 3.27. The standard InChI is InChI=1S/C17H13BrN2OS/c18-11-3-1-9(2-4-11)10-7-13-15(14(21)8-10)16(19)17-12(20-13)5-6-22-17/h1-6,10H,7-8H2,(H2,19,20). The summed E-state index contributed by atoms with van der Waals surface area (Å²) in [5.41, 5.74) is 10.4. The van der Waals surface area contributed by atoms with E-state index < -0.39 is 0 Å². The van der Waals surface area contributed by atoms with Gasteiger partial charge in [0.2, 0.25) is 0 Å². The monoisotopic (exact) mass is 372 g/mol. The van der Waals surface area contributed by atoms with E-state index in [0.717, 1.165) is 26.8 Å². The molecule has 0 saturated carbocycles. The number of Topliss-reactive ketones (excluding diaryl/α,β-unsaturated/α-hetero) is 1. The van der Waals surface area contributed by atoms with E-state index >= 15 is 0 Å². The third-order valence-electron chi connectivity index (χ3n) is 4.19. The van der Waals surface area contributed by atoms with Crippen LogP contribution in [0.2, 0.25) is 0 Å². The molecule has 4 rings (SSSR count). The van der Waals surface area contributed by atoms with Crippen molar-refractivity contribution < 1.29 is 4.79 Å². The Morgan fingerprint density at radius 1 is 1.18 bits per heavy atom. The molecule has 2 aromatic heterocycles. The summed E-state index contributed by atoms with van der Waals surface area (Å²) < 4.78 is 1.97. The van der Waals surface area contributed by atoms with E-state index in [0.29, 0.717) is 17.7 Å². The number of nitrogens with zero attached hydrogens (tertiary/aromatic N) is 1. The van der Waals surface area contributed by atoms with Crippen LogP contribution < -0.4 is 5.73 Å². The Morgan fingerprint density at radius 3 is 2.73 bits per heavy atom. The van der Waals surface area contributed by atoms with Crippen molar-refractivity contribution in [1.82, 2.24) is 4.98 Å². The first-order chi connectivity index (χ1) is 10.6. The van der Waals surface area contributed by atoms with Crippen molar-refractivity contribution in [3.63, 3.8) is 0 Å². The molecule has 0 amide bonds. The van der Waals surface area contributed by atoms with E-state index in [-0.39, 0.29) is 11.7 Å². The highest BCUT2D eigenvalue weighted by Gasteiger charge is 2.30. The van der Waals surface area contributed by atoms with Crippen LogP contribution >= 0.6 is 27.3 Å². The highest BCUT2D eigenvalue weighted by molar-refractivity contribution is 9.10. The highest BCUT2D eigenvalue weighted by Crippen LogP contribution is 2.38. The zero-order valence-electron chi connectivity index (χ0n) is 11.7. The molecule has 0 saturated heterocycles. The fourth-order valence-electron chi connectivity index (χ4n) is 3.12. The largest absolute Gasteiger partial charge is 0.397 e. The Bertz CT molecular complexity index is 886. The van der Waals surface area contributed by atoms with Gasteiger partial charge in [0, 0.05) is 10.9 Å². The van der Waals surface area contributed by atoms with Crippen molar-refractivity contribution in [2.45, 2.75) is 18.8 Å². The number of hydrogen-bond acceptors (Lipinski definition) is 4.